The Morgan fingerprint density at radius 1 is 1.18 bits per heavy atom. The van der Waals surface area contributed by atoms with Crippen LogP contribution in [0.25, 0.3) is 0 Å². The summed E-state index contributed by atoms with van der Waals surface area (Å²) in [6.45, 7) is 6.12. The largest absolute Gasteiger partial charge is 0.334 e. The SMILES string of the molecule is CC1CCN(Cc2ccc(C#Cc3cc(F)c4c(c3Cl)C(=O)N(C(C(=O)Nc3nccs3)c3ncn5c3CCC5)C4)cc2)CC1. The summed E-state index contributed by atoms with van der Waals surface area (Å²) in [5.74, 6) is 5.26. The summed E-state index contributed by atoms with van der Waals surface area (Å²) in [4.78, 5) is 40.2. The highest BCUT2D eigenvalue weighted by Gasteiger charge is 2.43. The zero-order valence-electron chi connectivity index (χ0n) is 24.9. The number of halogens is 2. The van der Waals surface area contributed by atoms with E-state index in [0.29, 0.717) is 10.8 Å². The molecule has 1 fully saturated rings. The van der Waals surface area contributed by atoms with Crippen LogP contribution in [-0.4, -0.2) is 49.2 Å². The number of carbonyl (C=O) groups is 2. The van der Waals surface area contributed by atoms with Gasteiger partial charge in [0.1, 0.15) is 5.82 Å². The van der Waals surface area contributed by atoms with E-state index in [1.54, 1.807) is 17.9 Å². The van der Waals surface area contributed by atoms with Crippen LogP contribution in [0.5, 0.6) is 0 Å². The van der Waals surface area contributed by atoms with Crippen molar-refractivity contribution in [3.63, 3.8) is 0 Å². The summed E-state index contributed by atoms with van der Waals surface area (Å²) < 4.78 is 17.6. The summed E-state index contributed by atoms with van der Waals surface area (Å²) in [6, 6.07) is 8.23. The highest BCUT2D eigenvalue weighted by Crippen LogP contribution is 2.39. The monoisotopic (exact) mass is 642 g/mol. The average Bonchev–Trinajstić information content (AvgIpc) is 3.84. The number of rotatable bonds is 6. The molecule has 1 atom stereocenters. The number of carbonyl (C=O) groups excluding carboxylic acids is 2. The Kier molecular flexibility index (Phi) is 8.17. The van der Waals surface area contributed by atoms with Crippen LogP contribution in [0.4, 0.5) is 9.52 Å². The highest BCUT2D eigenvalue weighted by atomic mass is 35.5. The second kappa shape index (κ2) is 12.4. The Morgan fingerprint density at radius 2 is 1.98 bits per heavy atom. The van der Waals surface area contributed by atoms with Crippen LogP contribution >= 0.6 is 22.9 Å². The number of aromatic nitrogens is 3. The number of benzene rings is 2. The second-order valence-corrected chi connectivity index (χ2v) is 13.3. The molecule has 1 saturated heterocycles. The van der Waals surface area contributed by atoms with Crippen LogP contribution in [0.1, 0.15) is 76.2 Å². The predicted octanol–water partition coefficient (Wildman–Crippen LogP) is 6.05. The standard InChI is InChI=1S/C34H32ClFN6O2S/c1-21-10-14-40(15-11-21)18-23-6-4-22(5-7-23)8-9-24-17-26(36)25-19-42(33(44)28(25)29(24)35)31(32(43)39-34-37-12-16-45-34)30-27-3-2-13-41(27)20-38-30/h4-7,12,16-17,20-21,31H,2-3,10-11,13-15,18-19H2,1H3,(H,37,39,43). The van der Waals surface area contributed by atoms with Gasteiger partial charge in [0.2, 0.25) is 0 Å². The molecule has 0 bridgehead atoms. The summed E-state index contributed by atoms with van der Waals surface area (Å²) in [5, 5.41) is 5.04. The number of imidazole rings is 1. The summed E-state index contributed by atoms with van der Waals surface area (Å²) >= 11 is 8.03. The number of hydrogen-bond donors (Lipinski definition) is 1. The number of amides is 2. The smallest absolute Gasteiger partial charge is 0.257 e. The van der Waals surface area contributed by atoms with Gasteiger partial charge in [-0.2, -0.15) is 0 Å². The first-order valence-corrected chi connectivity index (χ1v) is 16.5. The number of likely N-dealkylation sites (tertiary alicyclic amines) is 1. The molecule has 2 aromatic carbocycles. The van der Waals surface area contributed by atoms with E-state index in [2.05, 4.69) is 51.1 Å². The van der Waals surface area contributed by atoms with E-state index in [9.17, 15) is 9.59 Å². The summed E-state index contributed by atoms with van der Waals surface area (Å²) in [5.41, 5.74) is 3.78. The van der Waals surface area contributed by atoms with Crippen molar-refractivity contribution in [2.45, 2.75) is 58.3 Å². The Bertz CT molecular complexity index is 1820. The Morgan fingerprint density at radius 3 is 2.73 bits per heavy atom. The molecular weight excluding hydrogens is 611 g/mol. The minimum absolute atomic E-state index is 0.0371. The average molecular weight is 643 g/mol. The van der Waals surface area contributed by atoms with Crippen LogP contribution in [0.3, 0.4) is 0 Å². The molecule has 5 heterocycles. The minimum Gasteiger partial charge on any atom is -0.334 e. The minimum atomic E-state index is -1.08. The lowest BCUT2D eigenvalue weighted by Crippen LogP contribution is -2.38. The van der Waals surface area contributed by atoms with Crippen LogP contribution in [0, 0.1) is 23.6 Å². The number of nitrogens with one attached hydrogen (secondary N) is 1. The third-order valence-corrected chi connectivity index (χ3v) is 10.1. The first-order valence-electron chi connectivity index (χ1n) is 15.2. The predicted molar refractivity (Wildman–Crippen MR) is 171 cm³/mol. The summed E-state index contributed by atoms with van der Waals surface area (Å²) in [6.07, 6.45) is 7.39. The zero-order chi connectivity index (χ0) is 31.1. The number of aryl methyl sites for hydroxylation is 1. The van der Waals surface area contributed by atoms with Crippen molar-refractivity contribution in [1.82, 2.24) is 24.3 Å². The Balaban J connectivity index is 1.14. The second-order valence-electron chi connectivity index (χ2n) is 12.0. The maximum Gasteiger partial charge on any atom is 0.257 e. The van der Waals surface area contributed by atoms with E-state index < -0.39 is 23.7 Å². The molecular formula is C34H32ClFN6O2S. The van der Waals surface area contributed by atoms with Crippen LogP contribution in [0.15, 0.2) is 48.2 Å². The van der Waals surface area contributed by atoms with Crippen molar-refractivity contribution in [2.24, 2.45) is 5.92 Å². The molecule has 8 nitrogen and oxygen atoms in total. The van der Waals surface area contributed by atoms with Gasteiger partial charge in [0.05, 0.1) is 29.2 Å². The van der Waals surface area contributed by atoms with Gasteiger partial charge in [-0.05, 0) is 68.5 Å². The molecule has 0 radical (unpaired) electrons. The van der Waals surface area contributed by atoms with Gasteiger partial charge < -0.3 is 9.47 Å². The first kappa shape index (κ1) is 29.7. The fourth-order valence-electron chi connectivity index (χ4n) is 6.44. The van der Waals surface area contributed by atoms with Crippen molar-refractivity contribution in [3.05, 3.63) is 98.3 Å². The Hall–Kier alpha value is -4.04. The van der Waals surface area contributed by atoms with E-state index >= 15 is 4.39 Å². The third kappa shape index (κ3) is 5.88. The van der Waals surface area contributed by atoms with Crippen molar-refractivity contribution in [2.75, 3.05) is 18.4 Å². The third-order valence-electron chi connectivity index (χ3n) is 8.97. The maximum absolute atomic E-state index is 15.6. The number of thiazole rings is 1. The van der Waals surface area contributed by atoms with Gasteiger partial charge in [-0.1, -0.05) is 42.5 Å². The first-order chi connectivity index (χ1) is 21.9. The molecule has 3 aliphatic heterocycles. The fourth-order valence-corrected chi connectivity index (χ4v) is 7.27. The normalized spacial score (nSPS) is 17.1. The quantitative estimate of drug-likeness (QED) is 0.259. The lowest BCUT2D eigenvalue weighted by Gasteiger charge is -2.30. The summed E-state index contributed by atoms with van der Waals surface area (Å²) in [7, 11) is 0. The lowest BCUT2D eigenvalue weighted by molar-refractivity contribution is -0.121. The van der Waals surface area contributed by atoms with Gasteiger partial charge in [-0.15, -0.1) is 11.3 Å². The van der Waals surface area contributed by atoms with Gasteiger partial charge in [0, 0.05) is 47.1 Å². The lowest BCUT2D eigenvalue weighted by atomic mass is 9.99. The molecule has 0 saturated carbocycles. The molecule has 3 aliphatic rings. The van der Waals surface area contributed by atoms with Crippen molar-refractivity contribution >= 4 is 39.9 Å². The maximum atomic E-state index is 15.6. The molecule has 230 valence electrons. The van der Waals surface area contributed by atoms with Gasteiger partial charge >= 0.3 is 0 Å². The molecule has 45 heavy (non-hydrogen) atoms. The number of nitrogens with zero attached hydrogens (tertiary/aromatic N) is 5. The number of anilines is 1. The Labute approximate surface area is 270 Å². The van der Waals surface area contributed by atoms with Crippen molar-refractivity contribution in [3.8, 4) is 11.8 Å². The van der Waals surface area contributed by atoms with Crippen molar-refractivity contribution < 1.29 is 14.0 Å². The molecule has 4 aromatic rings. The van der Waals surface area contributed by atoms with Gasteiger partial charge in [0.15, 0.2) is 11.2 Å². The molecule has 11 heteroatoms. The van der Waals surface area contributed by atoms with E-state index in [0.717, 1.165) is 56.2 Å². The van der Waals surface area contributed by atoms with E-state index in [-0.39, 0.29) is 28.3 Å². The van der Waals surface area contributed by atoms with Gasteiger partial charge in [0.25, 0.3) is 11.8 Å². The molecule has 2 aromatic heterocycles. The topological polar surface area (TPSA) is 83.4 Å². The highest BCUT2D eigenvalue weighted by molar-refractivity contribution is 7.13. The molecule has 0 spiro atoms. The van der Waals surface area contributed by atoms with Gasteiger partial charge in [-0.25, -0.2) is 14.4 Å². The number of fused-ring (bicyclic) bond motifs is 2. The molecule has 2 amide bonds. The number of piperidine rings is 1. The van der Waals surface area contributed by atoms with Crippen molar-refractivity contribution in [1.29, 1.82) is 0 Å². The molecule has 1 unspecified atom stereocenters. The van der Waals surface area contributed by atoms with Crippen LogP contribution in [-0.2, 0) is 30.8 Å². The van der Waals surface area contributed by atoms with Crippen LogP contribution < -0.4 is 5.32 Å². The molecule has 0 aliphatic carbocycles. The van der Waals surface area contributed by atoms with E-state index in [1.807, 2.05) is 16.7 Å². The van der Waals surface area contributed by atoms with Crippen LogP contribution in [0.2, 0.25) is 5.02 Å². The zero-order valence-corrected chi connectivity index (χ0v) is 26.4. The van der Waals surface area contributed by atoms with Gasteiger partial charge in [-0.3, -0.25) is 19.8 Å². The molecule has 1 N–H and O–H groups in total. The number of hydrogen-bond acceptors (Lipinski definition) is 6. The fraction of sp³-hybridized carbons (Fsp3) is 0.353. The van der Waals surface area contributed by atoms with E-state index in [1.165, 1.54) is 40.7 Å². The van der Waals surface area contributed by atoms with E-state index in [4.69, 9.17) is 11.6 Å². The molecule has 7 rings (SSSR count).